The highest BCUT2D eigenvalue weighted by molar-refractivity contribution is 6.30. The average Bonchev–Trinajstić information content (AvgIpc) is 2.43. The van der Waals surface area contributed by atoms with Gasteiger partial charge in [0.15, 0.2) is 0 Å². The number of hydrogen-bond donors (Lipinski definition) is 0. The molecule has 0 N–H and O–H groups in total. The molecule has 0 saturated heterocycles. The molecule has 0 fully saturated rings. The van der Waals surface area contributed by atoms with Crippen molar-refractivity contribution in [3.63, 3.8) is 0 Å². The zero-order valence-corrected chi connectivity index (χ0v) is 11.3. The third-order valence-electron chi connectivity index (χ3n) is 2.75. The molecule has 0 aliphatic rings. The average molecular weight is 275 g/mol. The van der Waals surface area contributed by atoms with Crippen LogP contribution in [0.1, 0.15) is 17.5 Å². The third kappa shape index (κ3) is 4.11. The third-order valence-corrected chi connectivity index (χ3v) is 2.99. The molecule has 2 aromatic carbocycles. The maximum absolute atomic E-state index is 10.3. The van der Waals surface area contributed by atoms with Crippen molar-refractivity contribution in [3.8, 4) is 5.75 Å². The van der Waals surface area contributed by atoms with Crippen LogP contribution in [0.2, 0.25) is 5.02 Å². The summed E-state index contributed by atoms with van der Waals surface area (Å²) in [7, 11) is 0. The van der Waals surface area contributed by atoms with Gasteiger partial charge in [-0.05, 0) is 29.3 Å². The summed E-state index contributed by atoms with van der Waals surface area (Å²) in [5.74, 6) is 0.787. The predicted octanol–water partition coefficient (Wildman–Crippen LogP) is 3.90. The van der Waals surface area contributed by atoms with Gasteiger partial charge in [-0.3, -0.25) is 0 Å². The first-order valence-corrected chi connectivity index (χ1v) is 6.56. The van der Waals surface area contributed by atoms with Crippen LogP contribution in [0.5, 0.6) is 5.75 Å². The van der Waals surface area contributed by atoms with Gasteiger partial charge in [0, 0.05) is 17.9 Å². The molecule has 0 radical (unpaired) electrons. The van der Waals surface area contributed by atoms with Crippen LogP contribution in [-0.2, 0) is 11.2 Å². The van der Waals surface area contributed by atoms with Crippen molar-refractivity contribution in [3.05, 3.63) is 64.7 Å². The second kappa shape index (κ2) is 6.95. The molecule has 0 aliphatic heterocycles. The first kappa shape index (κ1) is 13.6. The highest BCUT2D eigenvalue weighted by Crippen LogP contribution is 2.25. The van der Waals surface area contributed by atoms with E-state index in [1.165, 1.54) is 5.56 Å². The number of ether oxygens (including phenoxy) is 1. The molecule has 0 unspecified atom stereocenters. The van der Waals surface area contributed by atoms with E-state index in [1.54, 1.807) is 6.07 Å². The van der Waals surface area contributed by atoms with Gasteiger partial charge in [-0.1, -0.05) is 41.9 Å². The van der Waals surface area contributed by atoms with Crippen molar-refractivity contribution >= 4 is 17.9 Å². The number of rotatable bonds is 6. The Hall–Kier alpha value is -1.80. The van der Waals surface area contributed by atoms with E-state index in [2.05, 4.69) is 12.1 Å². The van der Waals surface area contributed by atoms with E-state index in [0.29, 0.717) is 18.1 Å². The zero-order valence-electron chi connectivity index (χ0n) is 10.5. The van der Waals surface area contributed by atoms with Crippen LogP contribution in [-0.4, -0.2) is 12.9 Å². The summed E-state index contributed by atoms with van der Waals surface area (Å²) >= 11 is 6.03. The van der Waals surface area contributed by atoms with Crippen molar-refractivity contribution in [1.82, 2.24) is 0 Å². The summed E-state index contributed by atoms with van der Waals surface area (Å²) in [5, 5.41) is 0.689. The number of carbonyl (C=O) groups is 1. The standard InChI is InChI=1S/C16H15ClO2/c17-15-7-8-16(19-10-4-9-18)14(12-15)11-13-5-2-1-3-6-13/h1-3,5-9,12H,4,10-11H2. The first-order chi connectivity index (χ1) is 9.29. The van der Waals surface area contributed by atoms with Gasteiger partial charge in [0.05, 0.1) is 6.61 Å². The lowest BCUT2D eigenvalue weighted by atomic mass is 10.0. The monoisotopic (exact) mass is 274 g/mol. The lowest BCUT2D eigenvalue weighted by molar-refractivity contribution is -0.108. The maximum atomic E-state index is 10.3. The highest BCUT2D eigenvalue weighted by Gasteiger charge is 2.06. The summed E-state index contributed by atoms with van der Waals surface area (Å²) in [4.78, 5) is 10.3. The predicted molar refractivity (Wildman–Crippen MR) is 76.9 cm³/mol. The fourth-order valence-corrected chi connectivity index (χ4v) is 2.05. The molecular formula is C16H15ClO2. The van der Waals surface area contributed by atoms with Crippen LogP contribution in [0.25, 0.3) is 0 Å². The Morgan fingerprint density at radius 2 is 1.89 bits per heavy atom. The van der Waals surface area contributed by atoms with Gasteiger partial charge in [0.2, 0.25) is 0 Å². The normalized spacial score (nSPS) is 10.2. The van der Waals surface area contributed by atoms with E-state index < -0.39 is 0 Å². The van der Waals surface area contributed by atoms with Crippen LogP contribution in [0.15, 0.2) is 48.5 Å². The Kier molecular flexibility index (Phi) is 4.99. The number of halogens is 1. The van der Waals surface area contributed by atoms with Crippen molar-refractivity contribution in [2.24, 2.45) is 0 Å². The Bertz CT molecular complexity index is 538. The quantitative estimate of drug-likeness (QED) is 0.590. The second-order valence-corrected chi connectivity index (χ2v) is 4.65. The molecule has 3 heteroatoms. The molecular weight excluding hydrogens is 260 g/mol. The molecule has 2 nitrogen and oxygen atoms in total. The van der Waals surface area contributed by atoms with Crippen molar-refractivity contribution in [2.75, 3.05) is 6.61 Å². The smallest absolute Gasteiger partial charge is 0.123 e. The Morgan fingerprint density at radius 3 is 2.63 bits per heavy atom. The highest BCUT2D eigenvalue weighted by atomic mass is 35.5. The Balaban J connectivity index is 2.17. The molecule has 0 heterocycles. The van der Waals surface area contributed by atoms with E-state index in [-0.39, 0.29) is 0 Å². The molecule has 0 spiro atoms. The largest absolute Gasteiger partial charge is 0.493 e. The number of benzene rings is 2. The SMILES string of the molecule is O=CCCOc1ccc(Cl)cc1Cc1ccccc1. The summed E-state index contributed by atoms with van der Waals surface area (Å²) < 4.78 is 5.61. The lowest BCUT2D eigenvalue weighted by Gasteiger charge is -2.11. The van der Waals surface area contributed by atoms with Gasteiger partial charge >= 0.3 is 0 Å². The fourth-order valence-electron chi connectivity index (χ4n) is 1.86. The molecule has 0 saturated carbocycles. The molecule has 19 heavy (non-hydrogen) atoms. The number of hydrogen-bond acceptors (Lipinski definition) is 2. The Morgan fingerprint density at radius 1 is 1.11 bits per heavy atom. The molecule has 0 amide bonds. The molecule has 0 bridgehead atoms. The molecule has 2 rings (SSSR count). The van der Waals surface area contributed by atoms with Crippen molar-refractivity contribution in [2.45, 2.75) is 12.8 Å². The van der Waals surface area contributed by atoms with Gasteiger partial charge in [0.25, 0.3) is 0 Å². The van der Waals surface area contributed by atoms with Gasteiger partial charge in [-0.15, -0.1) is 0 Å². The topological polar surface area (TPSA) is 26.3 Å². The molecule has 98 valence electrons. The summed E-state index contributed by atoms with van der Waals surface area (Å²) in [5.41, 5.74) is 2.23. The Labute approximate surface area is 118 Å². The van der Waals surface area contributed by atoms with Gasteiger partial charge in [-0.25, -0.2) is 0 Å². The summed E-state index contributed by atoms with van der Waals surface area (Å²) in [6.07, 6.45) is 2.01. The molecule has 0 atom stereocenters. The van der Waals surface area contributed by atoms with Gasteiger partial charge in [0.1, 0.15) is 12.0 Å². The van der Waals surface area contributed by atoms with Crippen LogP contribution in [0, 0.1) is 0 Å². The minimum atomic E-state index is 0.396. The van der Waals surface area contributed by atoms with Gasteiger partial charge < -0.3 is 9.53 Å². The van der Waals surface area contributed by atoms with E-state index in [4.69, 9.17) is 16.3 Å². The lowest BCUT2D eigenvalue weighted by Crippen LogP contribution is -2.01. The van der Waals surface area contributed by atoms with Crippen molar-refractivity contribution in [1.29, 1.82) is 0 Å². The van der Waals surface area contributed by atoms with E-state index in [9.17, 15) is 4.79 Å². The van der Waals surface area contributed by atoms with E-state index in [0.717, 1.165) is 24.0 Å². The zero-order chi connectivity index (χ0) is 13.5. The van der Waals surface area contributed by atoms with Crippen molar-refractivity contribution < 1.29 is 9.53 Å². The summed E-state index contributed by atoms with van der Waals surface area (Å²) in [6, 6.07) is 15.7. The summed E-state index contributed by atoms with van der Waals surface area (Å²) in [6.45, 7) is 0.396. The minimum absolute atomic E-state index is 0.396. The molecule has 2 aromatic rings. The van der Waals surface area contributed by atoms with Gasteiger partial charge in [-0.2, -0.15) is 0 Å². The second-order valence-electron chi connectivity index (χ2n) is 4.22. The molecule has 0 aromatic heterocycles. The first-order valence-electron chi connectivity index (χ1n) is 6.18. The number of aldehydes is 1. The minimum Gasteiger partial charge on any atom is -0.493 e. The van der Waals surface area contributed by atoms with Crippen LogP contribution < -0.4 is 4.74 Å². The van der Waals surface area contributed by atoms with E-state index >= 15 is 0 Å². The van der Waals surface area contributed by atoms with Crippen LogP contribution >= 0.6 is 11.6 Å². The van der Waals surface area contributed by atoms with Crippen LogP contribution in [0.3, 0.4) is 0 Å². The van der Waals surface area contributed by atoms with E-state index in [1.807, 2.05) is 30.3 Å². The fraction of sp³-hybridized carbons (Fsp3) is 0.188. The number of carbonyl (C=O) groups excluding carboxylic acids is 1. The maximum Gasteiger partial charge on any atom is 0.123 e. The molecule has 0 aliphatic carbocycles. The van der Waals surface area contributed by atoms with Crippen LogP contribution in [0.4, 0.5) is 0 Å².